The smallest absolute Gasteiger partial charge is 0.410 e. The summed E-state index contributed by atoms with van der Waals surface area (Å²) in [6.07, 6.45) is 10.9. The fourth-order valence-corrected chi connectivity index (χ4v) is 4.79. The van der Waals surface area contributed by atoms with E-state index in [9.17, 15) is 14.0 Å². The highest BCUT2D eigenvalue weighted by Gasteiger charge is 2.43. The fourth-order valence-electron chi connectivity index (χ4n) is 4.79. The number of halogens is 1. The van der Waals surface area contributed by atoms with Crippen molar-refractivity contribution in [3.8, 4) is 0 Å². The van der Waals surface area contributed by atoms with E-state index in [4.69, 9.17) is 9.84 Å². The van der Waals surface area contributed by atoms with Crippen molar-refractivity contribution in [3.63, 3.8) is 0 Å². The van der Waals surface area contributed by atoms with E-state index in [0.29, 0.717) is 30.4 Å². The zero-order valence-electron chi connectivity index (χ0n) is 28.5. The number of aliphatic imine (C=N–C) groups is 1. The van der Waals surface area contributed by atoms with Gasteiger partial charge in [-0.2, -0.15) is 0 Å². The van der Waals surface area contributed by atoms with Crippen molar-refractivity contribution in [1.29, 1.82) is 0 Å². The lowest BCUT2D eigenvalue weighted by Gasteiger charge is -2.29. The molecule has 1 fully saturated rings. The van der Waals surface area contributed by atoms with E-state index in [1.807, 2.05) is 0 Å². The number of carboxylic acid groups (broad SMARTS) is 1. The average molecular weight is 625 g/mol. The number of carbonyl (C=O) groups excluding carboxylic acids is 1. The molecule has 0 spiro atoms. The Labute approximate surface area is 269 Å². The number of aliphatic carboxylic acids is 1. The van der Waals surface area contributed by atoms with Gasteiger partial charge in [-0.25, -0.2) is 14.0 Å². The molecule has 8 nitrogen and oxygen atoms in total. The van der Waals surface area contributed by atoms with Gasteiger partial charge in [0.05, 0.1) is 12.7 Å². The number of para-hydroxylation sites is 1. The van der Waals surface area contributed by atoms with Crippen LogP contribution < -0.4 is 0 Å². The number of aromatic nitrogens is 1. The molecular formula is C36H53FN4O4. The third-order valence-corrected chi connectivity index (χ3v) is 7.38. The zero-order valence-corrected chi connectivity index (χ0v) is 28.5. The molecule has 248 valence electrons. The minimum atomic E-state index is -0.845. The Morgan fingerprint density at radius 3 is 2.40 bits per heavy atom. The lowest BCUT2D eigenvalue weighted by atomic mass is 9.93. The normalized spacial score (nSPS) is 17.1. The van der Waals surface area contributed by atoms with Crippen molar-refractivity contribution in [3.05, 3.63) is 85.0 Å². The number of allylic oxidation sites excluding steroid dienone is 3. The van der Waals surface area contributed by atoms with E-state index in [1.165, 1.54) is 23.4 Å². The lowest BCUT2D eigenvalue weighted by Crippen LogP contribution is -2.38. The number of rotatable bonds is 13. The highest BCUT2D eigenvalue weighted by molar-refractivity contribution is 5.92. The number of nitrogens with zero attached hydrogens (tertiary/aromatic N) is 4. The van der Waals surface area contributed by atoms with Crippen molar-refractivity contribution in [2.24, 2.45) is 4.99 Å². The minimum absolute atomic E-state index is 0.207. The van der Waals surface area contributed by atoms with Gasteiger partial charge in [0, 0.05) is 60.5 Å². The van der Waals surface area contributed by atoms with Gasteiger partial charge in [-0.15, -0.1) is 6.58 Å². The molecule has 2 heterocycles. The SMILES string of the molecule is C/C=C(\C)C(=O)O.C=CC(C)=N/C=C(\C)F.C=CCN1CC(CCC)(CCN(C)Cc2cn(C(C)C)c3ccccc23)OC1=O. The summed E-state index contributed by atoms with van der Waals surface area (Å²) in [4.78, 5) is 29.9. The van der Waals surface area contributed by atoms with Gasteiger partial charge in [0.2, 0.25) is 0 Å². The van der Waals surface area contributed by atoms with Crippen LogP contribution in [0.5, 0.6) is 0 Å². The monoisotopic (exact) mass is 624 g/mol. The van der Waals surface area contributed by atoms with Crippen molar-refractivity contribution in [2.45, 2.75) is 85.9 Å². The van der Waals surface area contributed by atoms with E-state index < -0.39 is 5.97 Å². The van der Waals surface area contributed by atoms with E-state index in [1.54, 1.807) is 43.9 Å². The lowest BCUT2D eigenvalue weighted by molar-refractivity contribution is -0.132. The Hall–Kier alpha value is -3.98. The van der Waals surface area contributed by atoms with Gasteiger partial charge < -0.3 is 24.2 Å². The molecule has 9 heteroatoms. The summed E-state index contributed by atoms with van der Waals surface area (Å²) in [6, 6.07) is 9.05. The van der Waals surface area contributed by atoms with Crippen LogP contribution in [-0.4, -0.2) is 69.5 Å². The van der Waals surface area contributed by atoms with Crippen LogP contribution in [0.15, 0.2) is 84.4 Å². The van der Waals surface area contributed by atoms with Gasteiger partial charge in [-0.1, -0.05) is 50.3 Å². The molecule has 2 aromatic rings. The van der Waals surface area contributed by atoms with Crippen molar-refractivity contribution >= 4 is 28.7 Å². The molecular weight excluding hydrogens is 571 g/mol. The summed E-state index contributed by atoms with van der Waals surface area (Å²) in [5.41, 5.74) is 3.36. The topological polar surface area (TPSA) is 87.4 Å². The number of ether oxygens (including phenoxy) is 1. The second kappa shape index (κ2) is 19.4. The van der Waals surface area contributed by atoms with E-state index >= 15 is 0 Å². The number of fused-ring (bicyclic) bond motifs is 1. The summed E-state index contributed by atoms with van der Waals surface area (Å²) in [7, 11) is 2.15. The molecule has 1 atom stereocenters. The van der Waals surface area contributed by atoms with Crippen molar-refractivity contribution in [2.75, 3.05) is 26.7 Å². The maximum atomic E-state index is 12.2. The van der Waals surface area contributed by atoms with Gasteiger partial charge in [0.25, 0.3) is 0 Å². The Morgan fingerprint density at radius 2 is 1.89 bits per heavy atom. The molecule has 1 aliphatic heterocycles. The first kappa shape index (κ1) is 39.0. The first-order chi connectivity index (χ1) is 21.2. The van der Waals surface area contributed by atoms with E-state index in [-0.39, 0.29) is 17.5 Å². The average Bonchev–Trinajstić information content (AvgIpc) is 3.52. The molecule has 1 aromatic carbocycles. The van der Waals surface area contributed by atoms with Crippen LogP contribution in [0.4, 0.5) is 9.18 Å². The van der Waals surface area contributed by atoms with Crippen LogP contribution in [-0.2, 0) is 16.1 Å². The number of cyclic esters (lactones) is 1. The van der Waals surface area contributed by atoms with Gasteiger partial charge in [-0.05, 0) is 72.7 Å². The minimum Gasteiger partial charge on any atom is -0.478 e. The molecule has 1 aromatic heterocycles. The second-order valence-corrected chi connectivity index (χ2v) is 11.6. The molecule has 0 saturated carbocycles. The van der Waals surface area contributed by atoms with Crippen molar-refractivity contribution in [1.82, 2.24) is 14.4 Å². The highest BCUT2D eigenvalue weighted by Crippen LogP contribution is 2.32. The zero-order chi connectivity index (χ0) is 34.2. The summed E-state index contributed by atoms with van der Waals surface area (Å²) in [5.74, 6) is -1.14. The standard InChI is InChI=1S/C24H35N3O2.C7H10FN.C5H8O2/c1-6-12-24(18-26(14-7-2)23(28)29-24)13-15-25(5)16-20-17-27(19(3)4)22-11-9-8-10-21(20)22;1-4-7(3)9-5-6(2)8;1-3-4(2)5(6)7/h7-11,17,19H,2,6,12-16,18H2,1,3-5H3;4-5H,1H2,2-3H3;3H,1-2H3,(H,6,7)/b;6-5+,9-7?;4-3+. The summed E-state index contributed by atoms with van der Waals surface area (Å²) >= 11 is 0. The van der Waals surface area contributed by atoms with Crippen LogP contribution in [0.1, 0.15) is 79.3 Å². The molecule has 0 bridgehead atoms. The molecule has 1 aliphatic rings. The Balaban J connectivity index is 0.000000521. The first-order valence-corrected chi connectivity index (χ1v) is 15.4. The summed E-state index contributed by atoms with van der Waals surface area (Å²) in [6.45, 7) is 23.1. The summed E-state index contributed by atoms with van der Waals surface area (Å²) in [5, 5.41) is 9.43. The highest BCUT2D eigenvalue weighted by atomic mass is 19.1. The Bertz CT molecular complexity index is 1370. The van der Waals surface area contributed by atoms with Gasteiger partial charge >= 0.3 is 12.1 Å². The summed E-state index contributed by atoms with van der Waals surface area (Å²) < 4.78 is 20.1. The number of hydrogen-bond donors (Lipinski definition) is 1. The Morgan fingerprint density at radius 1 is 1.22 bits per heavy atom. The number of carboxylic acids is 1. The van der Waals surface area contributed by atoms with E-state index in [0.717, 1.165) is 38.6 Å². The quantitative estimate of drug-likeness (QED) is 0.137. The third kappa shape index (κ3) is 12.9. The van der Waals surface area contributed by atoms with Gasteiger partial charge in [-0.3, -0.25) is 4.99 Å². The van der Waals surface area contributed by atoms with Crippen LogP contribution in [0.3, 0.4) is 0 Å². The predicted octanol–water partition coefficient (Wildman–Crippen LogP) is 8.72. The first-order valence-electron chi connectivity index (χ1n) is 15.4. The molecule has 1 unspecified atom stereocenters. The molecule has 0 radical (unpaired) electrons. The third-order valence-electron chi connectivity index (χ3n) is 7.38. The molecule has 1 amide bonds. The van der Waals surface area contributed by atoms with Crippen LogP contribution in [0.2, 0.25) is 0 Å². The van der Waals surface area contributed by atoms with Gasteiger partial charge in [0.15, 0.2) is 0 Å². The molecule has 1 saturated heterocycles. The van der Waals surface area contributed by atoms with E-state index in [2.05, 4.69) is 85.9 Å². The Kier molecular flexibility index (Phi) is 16.8. The maximum absolute atomic E-state index is 12.2. The molecule has 45 heavy (non-hydrogen) atoms. The predicted molar refractivity (Wildman–Crippen MR) is 184 cm³/mol. The molecule has 1 N–H and O–H groups in total. The second-order valence-electron chi connectivity index (χ2n) is 11.6. The number of amides is 1. The van der Waals surface area contributed by atoms with Crippen molar-refractivity contribution < 1.29 is 23.8 Å². The fraction of sp³-hybridized carbons (Fsp3) is 0.472. The van der Waals surface area contributed by atoms with Crippen LogP contribution in [0.25, 0.3) is 10.9 Å². The van der Waals surface area contributed by atoms with Crippen LogP contribution >= 0.6 is 0 Å². The number of hydrogen-bond acceptors (Lipinski definition) is 5. The molecule has 3 rings (SSSR count). The molecule has 0 aliphatic carbocycles. The van der Waals surface area contributed by atoms with Crippen LogP contribution in [0, 0.1) is 0 Å². The largest absolute Gasteiger partial charge is 0.478 e. The number of benzene rings is 1. The maximum Gasteiger partial charge on any atom is 0.410 e. The van der Waals surface area contributed by atoms with Gasteiger partial charge in [0.1, 0.15) is 11.4 Å². The number of carbonyl (C=O) groups is 2.